The van der Waals surface area contributed by atoms with Crippen LogP contribution < -0.4 is 10.6 Å². The van der Waals surface area contributed by atoms with Gasteiger partial charge in [-0.2, -0.15) is 0 Å². The van der Waals surface area contributed by atoms with E-state index in [-0.39, 0.29) is 12.6 Å². The number of rotatable bonds is 7. The van der Waals surface area contributed by atoms with Crippen molar-refractivity contribution < 1.29 is 4.79 Å². The quantitative estimate of drug-likeness (QED) is 0.313. The summed E-state index contributed by atoms with van der Waals surface area (Å²) in [4.78, 5) is 12.5. The van der Waals surface area contributed by atoms with Gasteiger partial charge in [0.25, 0.3) is 0 Å². The molecule has 2 amide bonds. The minimum atomic E-state index is -0.309. The number of amides is 2. The molecule has 0 aliphatic rings. The van der Waals surface area contributed by atoms with Crippen LogP contribution >= 0.6 is 23.4 Å². The number of nitrogens with one attached hydrogen (secondary N) is 2. The van der Waals surface area contributed by atoms with Gasteiger partial charge in [-0.05, 0) is 54.8 Å². The van der Waals surface area contributed by atoms with E-state index in [0.717, 1.165) is 33.4 Å². The lowest BCUT2D eigenvalue weighted by molar-refractivity contribution is 0.251. The molecule has 0 fully saturated rings. The smallest absolute Gasteiger partial charge is 0.319 e. The maximum atomic E-state index is 12.5. The number of hydrogen-bond acceptors (Lipinski definition) is 4. The second-order valence-corrected chi connectivity index (χ2v) is 9.00. The van der Waals surface area contributed by atoms with E-state index in [9.17, 15) is 4.79 Å². The molecule has 0 bridgehead atoms. The fourth-order valence-corrected chi connectivity index (χ4v) is 4.44. The standard InChI is InChI=1S/C25H24ClN5OS/c1-17-7-6-10-21(13-17)28-24(32)27-15-23-29-30-25(33-16-19-8-4-3-5-9-19)31(23)22-14-20(26)12-11-18(22)2/h3-14H,15-16H2,1-2H3,(H2,27,28,32). The molecule has 4 rings (SSSR count). The third-order valence-electron chi connectivity index (χ3n) is 5.01. The maximum Gasteiger partial charge on any atom is 0.319 e. The average Bonchev–Trinajstić information content (AvgIpc) is 3.21. The summed E-state index contributed by atoms with van der Waals surface area (Å²) in [7, 11) is 0. The molecule has 0 saturated carbocycles. The lowest BCUT2D eigenvalue weighted by Crippen LogP contribution is -2.29. The number of urea groups is 1. The van der Waals surface area contributed by atoms with Crippen molar-refractivity contribution in [1.29, 1.82) is 0 Å². The Kier molecular flexibility index (Phi) is 7.32. The van der Waals surface area contributed by atoms with Gasteiger partial charge in [0.1, 0.15) is 0 Å². The van der Waals surface area contributed by atoms with Crippen LogP contribution in [0, 0.1) is 13.8 Å². The largest absolute Gasteiger partial charge is 0.331 e. The number of carbonyl (C=O) groups excluding carboxylic acids is 1. The number of hydrogen-bond donors (Lipinski definition) is 2. The van der Waals surface area contributed by atoms with Crippen LogP contribution in [0.1, 0.15) is 22.5 Å². The highest BCUT2D eigenvalue weighted by Gasteiger charge is 2.17. The number of aryl methyl sites for hydroxylation is 2. The zero-order valence-corrected chi connectivity index (χ0v) is 20.0. The molecule has 1 heterocycles. The van der Waals surface area contributed by atoms with Gasteiger partial charge < -0.3 is 10.6 Å². The first-order chi connectivity index (χ1) is 16.0. The van der Waals surface area contributed by atoms with Gasteiger partial charge in [0.2, 0.25) is 0 Å². The Hall–Kier alpha value is -3.29. The Balaban J connectivity index is 1.56. The molecule has 0 unspecified atom stereocenters. The number of aromatic nitrogens is 3. The summed E-state index contributed by atoms with van der Waals surface area (Å²) >= 11 is 7.89. The molecule has 0 aliphatic carbocycles. The molecule has 1 aromatic heterocycles. The number of thioether (sulfide) groups is 1. The highest BCUT2D eigenvalue weighted by molar-refractivity contribution is 7.98. The van der Waals surface area contributed by atoms with E-state index in [1.807, 2.05) is 79.1 Å². The van der Waals surface area contributed by atoms with Crippen molar-refractivity contribution in [2.75, 3.05) is 5.32 Å². The minimum absolute atomic E-state index is 0.211. The van der Waals surface area contributed by atoms with E-state index in [2.05, 4.69) is 33.0 Å². The summed E-state index contributed by atoms with van der Waals surface area (Å²) in [5.41, 5.74) is 4.92. The Morgan fingerprint density at radius 2 is 1.82 bits per heavy atom. The lowest BCUT2D eigenvalue weighted by Gasteiger charge is -2.14. The first-order valence-corrected chi connectivity index (χ1v) is 11.8. The molecule has 168 valence electrons. The van der Waals surface area contributed by atoms with Crippen LogP contribution in [-0.4, -0.2) is 20.8 Å². The molecule has 0 aliphatic heterocycles. The topological polar surface area (TPSA) is 71.8 Å². The first kappa shape index (κ1) is 22.9. The normalized spacial score (nSPS) is 10.8. The van der Waals surface area contributed by atoms with Gasteiger partial charge in [0.15, 0.2) is 11.0 Å². The number of carbonyl (C=O) groups is 1. The Morgan fingerprint density at radius 1 is 1.00 bits per heavy atom. The Bertz CT molecular complexity index is 1260. The number of benzene rings is 3. The Labute approximate surface area is 202 Å². The van der Waals surface area contributed by atoms with Gasteiger partial charge in [-0.1, -0.05) is 71.9 Å². The molecule has 6 nitrogen and oxygen atoms in total. The Morgan fingerprint density at radius 3 is 2.61 bits per heavy atom. The summed E-state index contributed by atoms with van der Waals surface area (Å²) in [5.74, 6) is 1.37. The van der Waals surface area contributed by atoms with Crippen molar-refractivity contribution in [1.82, 2.24) is 20.1 Å². The lowest BCUT2D eigenvalue weighted by atomic mass is 10.2. The average molecular weight is 478 g/mol. The van der Waals surface area contributed by atoms with Gasteiger partial charge in [0.05, 0.1) is 12.2 Å². The van der Waals surface area contributed by atoms with Crippen molar-refractivity contribution in [3.05, 3.63) is 100 Å². The van der Waals surface area contributed by atoms with Crippen molar-refractivity contribution >= 4 is 35.1 Å². The van der Waals surface area contributed by atoms with Gasteiger partial charge in [-0.3, -0.25) is 4.57 Å². The summed E-state index contributed by atoms with van der Waals surface area (Å²) in [5, 5.41) is 15.9. The van der Waals surface area contributed by atoms with Crippen molar-refractivity contribution in [3.63, 3.8) is 0 Å². The number of anilines is 1. The molecule has 0 saturated heterocycles. The molecule has 0 radical (unpaired) electrons. The van der Waals surface area contributed by atoms with Crippen molar-refractivity contribution in [3.8, 4) is 5.69 Å². The van der Waals surface area contributed by atoms with Gasteiger partial charge in [-0.15, -0.1) is 10.2 Å². The third-order valence-corrected chi connectivity index (χ3v) is 6.24. The summed E-state index contributed by atoms with van der Waals surface area (Å²) in [6.07, 6.45) is 0. The number of halogens is 1. The molecule has 0 atom stereocenters. The predicted octanol–water partition coefficient (Wildman–Crippen LogP) is 6.15. The van der Waals surface area contributed by atoms with Gasteiger partial charge >= 0.3 is 6.03 Å². The van der Waals surface area contributed by atoms with Crippen molar-refractivity contribution in [2.24, 2.45) is 0 Å². The molecule has 33 heavy (non-hydrogen) atoms. The van der Waals surface area contributed by atoms with Crippen molar-refractivity contribution in [2.45, 2.75) is 31.3 Å². The van der Waals surface area contributed by atoms with E-state index < -0.39 is 0 Å². The molecule has 0 spiro atoms. The fourth-order valence-electron chi connectivity index (χ4n) is 3.35. The number of nitrogens with zero attached hydrogens (tertiary/aromatic N) is 3. The van der Waals surface area contributed by atoms with E-state index in [1.165, 1.54) is 5.56 Å². The first-order valence-electron chi connectivity index (χ1n) is 10.5. The van der Waals surface area contributed by atoms with Crippen LogP contribution in [0.25, 0.3) is 5.69 Å². The second-order valence-electron chi connectivity index (χ2n) is 7.62. The molecular weight excluding hydrogens is 454 g/mol. The SMILES string of the molecule is Cc1cccc(NC(=O)NCc2nnc(SCc3ccccc3)n2-c2cc(Cl)ccc2C)c1. The maximum absolute atomic E-state index is 12.5. The second kappa shape index (κ2) is 10.6. The van der Waals surface area contributed by atoms with E-state index in [1.54, 1.807) is 11.8 Å². The molecule has 3 aromatic carbocycles. The summed E-state index contributed by atoms with van der Waals surface area (Å²) in [6, 6.07) is 23.2. The monoisotopic (exact) mass is 477 g/mol. The highest BCUT2D eigenvalue weighted by Crippen LogP contribution is 2.28. The van der Waals surface area contributed by atoms with Gasteiger partial charge in [-0.25, -0.2) is 4.79 Å². The highest BCUT2D eigenvalue weighted by atomic mass is 35.5. The van der Waals surface area contributed by atoms with E-state index >= 15 is 0 Å². The summed E-state index contributed by atoms with van der Waals surface area (Å²) in [6.45, 7) is 4.20. The van der Waals surface area contributed by atoms with Crippen LogP contribution in [0.2, 0.25) is 5.02 Å². The van der Waals surface area contributed by atoms with E-state index in [0.29, 0.717) is 10.8 Å². The fraction of sp³-hybridized carbons (Fsp3) is 0.160. The van der Waals surface area contributed by atoms with Crippen LogP contribution in [-0.2, 0) is 12.3 Å². The van der Waals surface area contributed by atoms with Gasteiger partial charge in [0, 0.05) is 16.5 Å². The molecule has 8 heteroatoms. The summed E-state index contributed by atoms with van der Waals surface area (Å²) < 4.78 is 1.96. The predicted molar refractivity (Wildman–Crippen MR) is 134 cm³/mol. The molecule has 2 N–H and O–H groups in total. The zero-order valence-electron chi connectivity index (χ0n) is 18.4. The third kappa shape index (κ3) is 5.94. The minimum Gasteiger partial charge on any atom is -0.331 e. The van der Waals surface area contributed by atoms with Crippen LogP contribution in [0.5, 0.6) is 0 Å². The van der Waals surface area contributed by atoms with Crippen LogP contribution in [0.3, 0.4) is 0 Å². The molecular formula is C25H24ClN5OS. The van der Waals surface area contributed by atoms with E-state index in [4.69, 9.17) is 11.6 Å². The van der Waals surface area contributed by atoms with Crippen LogP contribution in [0.15, 0.2) is 78.0 Å². The van der Waals surface area contributed by atoms with Crippen LogP contribution in [0.4, 0.5) is 10.5 Å². The zero-order chi connectivity index (χ0) is 23.2. The molecule has 4 aromatic rings.